The predicted molar refractivity (Wildman–Crippen MR) is 56.1 cm³/mol. The fourth-order valence-corrected chi connectivity index (χ4v) is 1.63. The Morgan fingerprint density at radius 1 is 1.18 bits per heavy atom. The van der Waals surface area contributed by atoms with Crippen LogP contribution in [-0.4, -0.2) is 4.98 Å². The SMILES string of the molecule is Nc1cc(C(F)(F)F)nc2c(F)cc(Cl)cc12. The van der Waals surface area contributed by atoms with E-state index in [0.717, 1.165) is 6.07 Å². The number of nitrogen functional groups attached to an aromatic ring is 1. The van der Waals surface area contributed by atoms with Gasteiger partial charge in [0, 0.05) is 16.1 Å². The number of halogens is 5. The number of rotatable bonds is 0. The van der Waals surface area contributed by atoms with Gasteiger partial charge in [0.15, 0.2) is 5.82 Å². The molecule has 0 saturated carbocycles. The summed E-state index contributed by atoms with van der Waals surface area (Å²) in [6.07, 6.45) is -4.67. The molecule has 90 valence electrons. The smallest absolute Gasteiger partial charge is 0.398 e. The average Bonchev–Trinajstić information content (AvgIpc) is 2.17. The molecule has 0 aliphatic carbocycles. The zero-order chi connectivity index (χ0) is 12.8. The number of hydrogen-bond donors (Lipinski definition) is 1. The lowest BCUT2D eigenvalue weighted by Gasteiger charge is -2.09. The van der Waals surface area contributed by atoms with Gasteiger partial charge in [0.1, 0.15) is 11.2 Å². The summed E-state index contributed by atoms with van der Waals surface area (Å²) < 4.78 is 50.7. The maximum Gasteiger partial charge on any atom is 0.433 e. The summed E-state index contributed by atoms with van der Waals surface area (Å²) in [5.41, 5.74) is 3.53. The van der Waals surface area contributed by atoms with Gasteiger partial charge in [-0.05, 0) is 18.2 Å². The van der Waals surface area contributed by atoms with Crippen LogP contribution in [0.3, 0.4) is 0 Å². The predicted octanol–water partition coefficient (Wildman–Crippen LogP) is 3.63. The highest BCUT2D eigenvalue weighted by Crippen LogP contribution is 2.33. The molecule has 0 spiro atoms. The van der Waals surface area contributed by atoms with Gasteiger partial charge in [0.05, 0.1) is 0 Å². The third-order valence-corrected chi connectivity index (χ3v) is 2.37. The van der Waals surface area contributed by atoms with Crippen LogP contribution >= 0.6 is 11.6 Å². The van der Waals surface area contributed by atoms with Gasteiger partial charge in [0.25, 0.3) is 0 Å². The minimum absolute atomic E-state index is 0.0447. The van der Waals surface area contributed by atoms with E-state index in [-0.39, 0.29) is 16.1 Å². The van der Waals surface area contributed by atoms with Crippen LogP contribution in [0.1, 0.15) is 5.69 Å². The molecule has 2 aromatic rings. The highest BCUT2D eigenvalue weighted by atomic mass is 35.5. The molecule has 0 amide bonds. The van der Waals surface area contributed by atoms with E-state index in [4.69, 9.17) is 17.3 Å². The summed E-state index contributed by atoms with van der Waals surface area (Å²) in [5.74, 6) is -0.940. The summed E-state index contributed by atoms with van der Waals surface area (Å²) in [5, 5.41) is 0.103. The lowest BCUT2D eigenvalue weighted by molar-refractivity contribution is -0.140. The van der Waals surface area contributed by atoms with Crippen molar-refractivity contribution in [2.45, 2.75) is 6.18 Å². The zero-order valence-electron chi connectivity index (χ0n) is 8.15. The fraction of sp³-hybridized carbons (Fsp3) is 0.100. The second-order valence-electron chi connectivity index (χ2n) is 3.38. The first kappa shape index (κ1) is 11.9. The van der Waals surface area contributed by atoms with Crippen LogP contribution in [-0.2, 0) is 6.18 Å². The van der Waals surface area contributed by atoms with Crippen LogP contribution < -0.4 is 5.73 Å². The molecule has 0 saturated heterocycles. The maximum absolute atomic E-state index is 13.4. The highest BCUT2D eigenvalue weighted by Gasteiger charge is 2.33. The molecular weight excluding hydrogens is 260 g/mol. The minimum atomic E-state index is -4.67. The molecule has 0 radical (unpaired) electrons. The molecule has 2 nitrogen and oxygen atoms in total. The number of hydrogen-bond acceptors (Lipinski definition) is 2. The van der Waals surface area contributed by atoms with Crippen LogP contribution in [0.4, 0.5) is 23.2 Å². The van der Waals surface area contributed by atoms with E-state index in [1.54, 1.807) is 0 Å². The van der Waals surface area contributed by atoms with E-state index >= 15 is 0 Å². The summed E-state index contributed by atoms with van der Waals surface area (Å²) in [7, 11) is 0. The van der Waals surface area contributed by atoms with Crippen molar-refractivity contribution in [2.75, 3.05) is 5.73 Å². The second-order valence-corrected chi connectivity index (χ2v) is 3.81. The molecule has 2 rings (SSSR count). The quantitative estimate of drug-likeness (QED) is 0.738. The van der Waals surface area contributed by atoms with E-state index in [2.05, 4.69) is 4.98 Å². The first-order valence-corrected chi connectivity index (χ1v) is 4.79. The number of benzene rings is 1. The first-order chi connectivity index (χ1) is 7.79. The maximum atomic E-state index is 13.4. The standard InChI is InChI=1S/C10H5ClF4N2/c11-4-1-5-7(16)3-8(10(13,14)15)17-9(5)6(12)2-4/h1-3H,(H2,16,17). The lowest BCUT2D eigenvalue weighted by atomic mass is 10.1. The normalized spacial score (nSPS) is 12.1. The number of anilines is 1. The van der Waals surface area contributed by atoms with Gasteiger partial charge in [-0.2, -0.15) is 13.2 Å². The Morgan fingerprint density at radius 3 is 2.41 bits per heavy atom. The molecule has 0 unspecified atom stereocenters. The molecule has 7 heteroatoms. The van der Waals surface area contributed by atoms with Gasteiger partial charge in [0.2, 0.25) is 0 Å². The third-order valence-electron chi connectivity index (χ3n) is 2.15. The van der Waals surface area contributed by atoms with Crippen LogP contribution in [0.15, 0.2) is 18.2 Å². The molecule has 0 aliphatic rings. The first-order valence-electron chi connectivity index (χ1n) is 4.41. The molecule has 0 atom stereocenters. The van der Waals surface area contributed by atoms with Gasteiger partial charge in [-0.25, -0.2) is 9.37 Å². The fourth-order valence-electron chi connectivity index (χ4n) is 1.42. The molecule has 0 aliphatic heterocycles. The Balaban J connectivity index is 2.83. The molecular formula is C10H5ClF4N2. The van der Waals surface area contributed by atoms with E-state index in [0.29, 0.717) is 6.07 Å². The second kappa shape index (κ2) is 3.73. The monoisotopic (exact) mass is 264 g/mol. The minimum Gasteiger partial charge on any atom is -0.398 e. The largest absolute Gasteiger partial charge is 0.433 e. The summed E-state index contributed by atoms with van der Waals surface area (Å²) in [6.45, 7) is 0. The van der Waals surface area contributed by atoms with Crippen molar-refractivity contribution < 1.29 is 17.6 Å². The van der Waals surface area contributed by atoms with E-state index < -0.39 is 23.2 Å². The summed E-state index contributed by atoms with van der Waals surface area (Å²) in [6, 6.07) is 2.80. The molecule has 0 bridgehead atoms. The van der Waals surface area contributed by atoms with Gasteiger partial charge in [-0.3, -0.25) is 0 Å². The number of alkyl halides is 3. The molecule has 1 aromatic carbocycles. The number of fused-ring (bicyclic) bond motifs is 1. The van der Waals surface area contributed by atoms with Crippen molar-refractivity contribution >= 4 is 28.2 Å². The Hall–Kier alpha value is -1.56. The Kier molecular flexibility index (Phi) is 2.61. The van der Waals surface area contributed by atoms with E-state index in [1.165, 1.54) is 6.07 Å². The number of nitrogens with two attached hydrogens (primary N) is 1. The van der Waals surface area contributed by atoms with Gasteiger partial charge in [-0.1, -0.05) is 11.6 Å². The Morgan fingerprint density at radius 2 is 1.82 bits per heavy atom. The third kappa shape index (κ3) is 2.12. The van der Waals surface area contributed by atoms with E-state index in [1.807, 2.05) is 0 Å². The molecule has 17 heavy (non-hydrogen) atoms. The van der Waals surface area contributed by atoms with Gasteiger partial charge in [-0.15, -0.1) is 0 Å². The Bertz CT molecular complexity index is 595. The van der Waals surface area contributed by atoms with Crippen LogP contribution in [0.5, 0.6) is 0 Å². The number of aromatic nitrogens is 1. The summed E-state index contributed by atoms with van der Waals surface area (Å²) >= 11 is 5.58. The number of pyridine rings is 1. The topological polar surface area (TPSA) is 38.9 Å². The molecule has 0 fully saturated rings. The van der Waals surface area contributed by atoms with E-state index in [9.17, 15) is 17.6 Å². The van der Waals surface area contributed by atoms with Gasteiger partial charge < -0.3 is 5.73 Å². The van der Waals surface area contributed by atoms with Gasteiger partial charge >= 0.3 is 6.18 Å². The van der Waals surface area contributed by atoms with Crippen molar-refractivity contribution in [3.63, 3.8) is 0 Å². The molecule has 1 aromatic heterocycles. The highest BCUT2D eigenvalue weighted by molar-refractivity contribution is 6.31. The van der Waals surface area contributed by atoms with Crippen molar-refractivity contribution in [3.05, 3.63) is 34.7 Å². The Labute approximate surface area is 98.0 Å². The molecule has 2 N–H and O–H groups in total. The lowest BCUT2D eigenvalue weighted by Crippen LogP contribution is -2.09. The van der Waals surface area contributed by atoms with Crippen molar-refractivity contribution in [2.24, 2.45) is 0 Å². The van der Waals surface area contributed by atoms with Crippen LogP contribution in [0.25, 0.3) is 10.9 Å². The molecule has 1 heterocycles. The number of nitrogens with zero attached hydrogens (tertiary/aromatic N) is 1. The van der Waals surface area contributed by atoms with Crippen LogP contribution in [0.2, 0.25) is 5.02 Å². The zero-order valence-corrected chi connectivity index (χ0v) is 8.90. The van der Waals surface area contributed by atoms with Crippen molar-refractivity contribution in [1.29, 1.82) is 0 Å². The van der Waals surface area contributed by atoms with Crippen molar-refractivity contribution in [1.82, 2.24) is 4.98 Å². The summed E-state index contributed by atoms with van der Waals surface area (Å²) in [4.78, 5) is 3.21. The van der Waals surface area contributed by atoms with Crippen molar-refractivity contribution in [3.8, 4) is 0 Å². The average molecular weight is 265 g/mol. The van der Waals surface area contributed by atoms with Crippen LogP contribution in [0, 0.1) is 5.82 Å².